The van der Waals surface area contributed by atoms with Crippen molar-refractivity contribution in [3.63, 3.8) is 0 Å². The van der Waals surface area contributed by atoms with Crippen LogP contribution in [0.25, 0.3) is 5.52 Å². The lowest BCUT2D eigenvalue weighted by Crippen LogP contribution is -2.02. The summed E-state index contributed by atoms with van der Waals surface area (Å²) in [5.41, 5.74) is 2.15. The number of aromatic nitrogens is 2. The largest absolute Gasteiger partial charge is 0.464 e. The summed E-state index contributed by atoms with van der Waals surface area (Å²) in [4.78, 5) is 16.2. The van der Waals surface area contributed by atoms with Gasteiger partial charge in [-0.2, -0.15) is 0 Å². The summed E-state index contributed by atoms with van der Waals surface area (Å²) in [7, 11) is 3.02. The first-order chi connectivity index (χ1) is 9.08. The fourth-order valence-corrected chi connectivity index (χ4v) is 2.06. The quantitative estimate of drug-likeness (QED) is 0.794. The number of methoxy groups -OCH3 is 2. The summed E-state index contributed by atoms with van der Waals surface area (Å²) in [5, 5.41) is 0. The van der Waals surface area contributed by atoms with Gasteiger partial charge in [-0.3, -0.25) is 0 Å². The molecule has 0 aliphatic heterocycles. The van der Waals surface area contributed by atoms with E-state index in [0.29, 0.717) is 12.3 Å². The molecule has 0 bridgehead atoms. The van der Waals surface area contributed by atoms with E-state index in [-0.39, 0.29) is 5.92 Å². The Morgan fingerprint density at radius 1 is 1.37 bits per heavy atom. The van der Waals surface area contributed by atoms with Crippen LogP contribution in [-0.4, -0.2) is 29.6 Å². The molecule has 5 nitrogen and oxygen atoms in total. The molecule has 5 heteroatoms. The number of hydrogen-bond donors (Lipinski definition) is 0. The normalized spacial score (nSPS) is 11.2. The van der Waals surface area contributed by atoms with Crippen molar-refractivity contribution in [2.75, 3.05) is 14.2 Å². The molecule has 0 amide bonds. The smallest absolute Gasteiger partial charge is 0.358 e. The number of ether oxygens (including phenoxy) is 2. The maximum atomic E-state index is 11.8. The van der Waals surface area contributed by atoms with E-state index in [4.69, 9.17) is 9.47 Å². The van der Waals surface area contributed by atoms with Gasteiger partial charge in [-0.1, -0.05) is 19.9 Å². The molecular formula is C14H18N2O3. The van der Waals surface area contributed by atoms with Crippen LogP contribution in [0, 0.1) is 0 Å². The minimum atomic E-state index is -0.413. The van der Waals surface area contributed by atoms with E-state index in [1.807, 2.05) is 36.6 Å². The van der Waals surface area contributed by atoms with Crippen LogP contribution in [0.2, 0.25) is 0 Å². The van der Waals surface area contributed by atoms with Crippen molar-refractivity contribution in [3.05, 3.63) is 35.4 Å². The molecule has 19 heavy (non-hydrogen) atoms. The zero-order chi connectivity index (χ0) is 14.0. The summed E-state index contributed by atoms with van der Waals surface area (Å²) < 4.78 is 11.8. The summed E-state index contributed by atoms with van der Waals surface area (Å²) >= 11 is 0. The number of hydrogen-bond acceptors (Lipinski definition) is 4. The van der Waals surface area contributed by atoms with E-state index in [1.54, 1.807) is 7.11 Å². The van der Waals surface area contributed by atoms with Crippen LogP contribution in [0.15, 0.2) is 18.3 Å². The molecule has 0 fully saturated rings. The summed E-state index contributed by atoms with van der Waals surface area (Å²) in [6.45, 7) is 4.61. The number of rotatable bonds is 4. The van der Waals surface area contributed by atoms with Crippen LogP contribution in [0.1, 0.15) is 41.6 Å². The molecule has 2 aromatic heterocycles. The molecule has 2 heterocycles. The predicted molar refractivity (Wildman–Crippen MR) is 71.3 cm³/mol. The monoisotopic (exact) mass is 262 g/mol. The number of pyridine rings is 1. The van der Waals surface area contributed by atoms with Crippen molar-refractivity contribution >= 4 is 11.5 Å². The lowest BCUT2D eigenvalue weighted by atomic mass is 10.2. The number of esters is 1. The molecule has 102 valence electrons. The first-order valence-electron chi connectivity index (χ1n) is 6.16. The Morgan fingerprint density at radius 3 is 2.68 bits per heavy atom. The SMILES string of the molecule is COCc1ccc2c(C(=O)OC)nc(C(C)C)n2c1. The van der Waals surface area contributed by atoms with Crippen molar-refractivity contribution in [2.24, 2.45) is 0 Å². The van der Waals surface area contributed by atoms with Crippen LogP contribution >= 0.6 is 0 Å². The molecule has 0 spiro atoms. The Kier molecular flexibility index (Phi) is 3.85. The third-order valence-electron chi connectivity index (χ3n) is 2.93. The van der Waals surface area contributed by atoms with Crippen LogP contribution < -0.4 is 0 Å². The third kappa shape index (κ3) is 2.46. The minimum absolute atomic E-state index is 0.212. The number of nitrogens with zero attached hydrogens (tertiary/aromatic N) is 2. The highest BCUT2D eigenvalue weighted by Gasteiger charge is 2.19. The first-order valence-corrected chi connectivity index (χ1v) is 6.16. The molecule has 0 saturated carbocycles. The lowest BCUT2D eigenvalue weighted by molar-refractivity contribution is 0.0597. The van der Waals surface area contributed by atoms with E-state index in [1.165, 1.54) is 7.11 Å². The topological polar surface area (TPSA) is 52.8 Å². The van der Waals surface area contributed by atoms with Crippen molar-refractivity contribution in [3.8, 4) is 0 Å². The van der Waals surface area contributed by atoms with Gasteiger partial charge in [0.15, 0.2) is 5.69 Å². The lowest BCUT2D eigenvalue weighted by Gasteiger charge is -2.06. The minimum Gasteiger partial charge on any atom is -0.464 e. The van der Waals surface area contributed by atoms with Crippen molar-refractivity contribution < 1.29 is 14.3 Å². The standard InChI is InChI=1S/C14H18N2O3/c1-9(2)13-15-12(14(17)19-4)11-6-5-10(8-18-3)7-16(11)13/h5-7,9H,8H2,1-4H3. The first kappa shape index (κ1) is 13.5. The van der Waals surface area contributed by atoms with E-state index in [0.717, 1.165) is 16.9 Å². The average molecular weight is 262 g/mol. The molecule has 0 atom stereocenters. The van der Waals surface area contributed by atoms with Gasteiger partial charge in [0.2, 0.25) is 0 Å². The zero-order valence-corrected chi connectivity index (χ0v) is 11.6. The van der Waals surface area contributed by atoms with Gasteiger partial charge in [-0.25, -0.2) is 9.78 Å². The van der Waals surface area contributed by atoms with Gasteiger partial charge in [0.05, 0.1) is 19.2 Å². The second kappa shape index (κ2) is 5.40. The summed E-state index contributed by atoms with van der Waals surface area (Å²) in [6.07, 6.45) is 1.95. The van der Waals surface area contributed by atoms with Gasteiger partial charge < -0.3 is 13.9 Å². The fourth-order valence-electron chi connectivity index (χ4n) is 2.06. The van der Waals surface area contributed by atoms with Gasteiger partial charge in [-0.15, -0.1) is 0 Å². The zero-order valence-electron chi connectivity index (χ0n) is 11.6. The molecule has 0 aliphatic rings. The van der Waals surface area contributed by atoms with Crippen molar-refractivity contribution in [2.45, 2.75) is 26.4 Å². The summed E-state index contributed by atoms with van der Waals surface area (Å²) in [6, 6.07) is 3.80. The highest BCUT2D eigenvalue weighted by Crippen LogP contribution is 2.21. The Labute approximate surface area is 112 Å². The van der Waals surface area contributed by atoms with Crippen LogP contribution in [0.4, 0.5) is 0 Å². The van der Waals surface area contributed by atoms with Gasteiger partial charge in [0, 0.05) is 19.2 Å². The second-order valence-corrected chi connectivity index (χ2v) is 4.69. The number of carbonyl (C=O) groups is 1. The highest BCUT2D eigenvalue weighted by atomic mass is 16.5. The van der Waals surface area contributed by atoms with Gasteiger partial charge in [0.25, 0.3) is 0 Å². The van der Waals surface area contributed by atoms with Crippen molar-refractivity contribution in [1.82, 2.24) is 9.38 Å². The highest BCUT2D eigenvalue weighted by molar-refractivity contribution is 5.95. The van der Waals surface area contributed by atoms with Gasteiger partial charge >= 0.3 is 5.97 Å². The fraction of sp³-hybridized carbons (Fsp3) is 0.429. The molecule has 0 radical (unpaired) electrons. The maximum Gasteiger partial charge on any atom is 0.358 e. The summed E-state index contributed by atoms with van der Waals surface area (Å²) in [5.74, 6) is 0.640. The molecule has 2 aromatic rings. The molecule has 0 N–H and O–H groups in total. The number of carbonyl (C=O) groups excluding carboxylic acids is 1. The molecule has 0 saturated heterocycles. The van der Waals surface area contributed by atoms with E-state index in [2.05, 4.69) is 4.98 Å². The second-order valence-electron chi connectivity index (χ2n) is 4.69. The van der Waals surface area contributed by atoms with Crippen molar-refractivity contribution in [1.29, 1.82) is 0 Å². The van der Waals surface area contributed by atoms with Gasteiger partial charge in [0.1, 0.15) is 5.82 Å². The van der Waals surface area contributed by atoms with E-state index < -0.39 is 5.97 Å². The van der Waals surface area contributed by atoms with Crippen LogP contribution in [0.3, 0.4) is 0 Å². The molecular weight excluding hydrogens is 244 g/mol. The third-order valence-corrected chi connectivity index (χ3v) is 2.93. The average Bonchev–Trinajstić information content (AvgIpc) is 2.77. The molecule has 0 aliphatic carbocycles. The number of imidazole rings is 1. The van der Waals surface area contributed by atoms with Gasteiger partial charge in [-0.05, 0) is 11.6 Å². The predicted octanol–water partition coefficient (Wildman–Crippen LogP) is 2.39. The Balaban J connectivity index is 2.64. The molecule has 2 rings (SSSR count). The Morgan fingerprint density at radius 2 is 2.11 bits per heavy atom. The maximum absolute atomic E-state index is 11.8. The van der Waals surface area contributed by atoms with Crippen LogP contribution in [0.5, 0.6) is 0 Å². The molecule has 0 aromatic carbocycles. The Hall–Kier alpha value is -1.88. The van der Waals surface area contributed by atoms with E-state index in [9.17, 15) is 4.79 Å². The van der Waals surface area contributed by atoms with E-state index >= 15 is 0 Å². The Bertz CT molecular complexity index is 602. The number of fused-ring (bicyclic) bond motifs is 1. The van der Waals surface area contributed by atoms with Crippen LogP contribution in [-0.2, 0) is 16.1 Å². The molecule has 0 unspecified atom stereocenters.